The standard InChI is InChI=1S/C21H40N3/c1-2-4-6-9-14-21(15-10-7-5-3-1)24-18-12-8-11-16-22-20-23-17-13-19-24/h14,19,22-23H,1-13,15-18,20H2/q+1. The van der Waals surface area contributed by atoms with Gasteiger partial charge in [-0.3, -0.25) is 0 Å². The van der Waals surface area contributed by atoms with Gasteiger partial charge in [0.1, 0.15) is 12.8 Å². The van der Waals surface area contributed by atoms with Gasteiger partial charge in [-0.05, 0) is 44.7 Å². The number of hydrogen-bond acceptors (Lipinski definition) is 2. The van der Waals surface area contributed by atoms with Crippen LogP contribution in [0.5, 0.6) is 0 Å². The zero-order valence-electron chi connectivity index (χ0n) is 15.8. The molecule has 0 amide bonds. The summed E-state index contributed by atoms with van der Waals surface area (Å²) in [6.07, 6.45) is 24.1. The summed E-state index contributed by atoms with van der Waals surface area (Å²) in [7, 11) is 0. The third-order valence-corrected chi connectivity index (χ3v) is 5.31. The van der Waals surface area contributed by atoms with Gasteiger partial charge < -0.3 is 10.6 Å². The Hall–Kier alpha value is -0.670. The first-order chi connectivity index (χ1) is 12.0. The Morgan fingerprint density at radius 1 is 0.667 bits per heavy atom. The first kappa shape index (κ1) is 19.7. The molecule has 0 unspecified atom stereocenters. The first-order valence-corrected chi connectivity index (χ1v) is 10.7. The fourth-order valence-electron chi connectivity index (χ4n) is 3.79. The second-order valence-corrected chi connectivity index (χ2v) is 7.46. The van der Waals surface area contributed by atoms with Crippen LogP contribution >= 0.6 is 0 Å². The van der Waals surface area contributed by atoms with Gasteiger partial charge in [-0.2, -0.15) is 0 Å². The Morgan fingerprint density at radius 2 is 1.38 bits per heavy atom. The predicted molar refractivity (Wildman–Crippen MR) is 105 cm³/mol. The minimum atomic E-state index is 0.955. The summed E-state index contributed by atoms with van der Waals surface area (Å²) in [4.78, 5) is 0. The van der Waals surface area contributed by atoms with Crippen molar-refractivity contribution in [2.75, 3.05) is 26.3 Å². The lowest BCUT2D eigenvalue weighted by molar-refractivity contribution is -0.477. The zero-order chi connectivity index (χ0) is 16.7. The molecule has 0 saturated heterocycles. The molecule has 0 bridgehead atoms. The van der Waals surface area contributed by atoms with Crippen LogP contribution in [0, 0.1) is 0 Å². The van der Waals surface area contributed by atoms with Crippen molar-refractivity contribution in [1.29, 1.82) is 0 Å². The van der Waals surface area contributed by atoms with Crippen LogP contribution in [0.3, 0.4) is 0 Å². The summed E-state index contributed by atoms with van der Waals surface area (Å²) >= 11 is 0. The molecule has 1 heterocycles. The summed E-state index contributed by atoms with van der Waals surface area (Å²) in [5, 5.41) is 6.96. The third-order valence-electron chi connectivity index (χ3n) is 5.31. The van der Waals surface area contributed by atoms with Crippen molar-refractivity contribution in [3.05, 3.63) is 11.8 Å². The zero-order valence-corrected chi connectivity index (χ0v) is 15.8. The molecule has 0 atom stereocenters. The number of allylic oxidation sites excluding steroid dienone is 2. The van der Waals surface area contributed by atoms with E-state index in [-0.39, 0.29) is 0 Å². The Kier molecular flexibility index (Phi) is 11.1. The van der Waals surface area contributed by atoms with Crippen LogP contribution in [-0.2, 0) is 0 Å². The molecular weight excluding hydrogens is 294 g/mol. The van der Waals surface area contributed by atoms with Gasteiger partial charge in [0.15, 0.2) is 5.70 Å². The van der Waals surface area contributed by atoms with Crippen LogP contribution in [0.2, 0.25) is 0 Å². The average Bonchev–Trinajstić information content (AvgIpc) is 2.56. The fourth-order valence-corrected chi connectivity index (χ4v) is 3.79. The molecule has 2 N–H and O–H groups in total. The quantitative estimate of drug-likeness (QED) is 0.687. The molecular formula is C21H40N3+. The molecule has 0 saturated carbocycles. The molecule has 2 rings (SSSR count). The average molecular weight is 335 g/mol. The van der Waals surface area contributed by atoms with Crippen molar-refractivity contribution in [3.8, 4) is 0 Å². The molecule has 3 nitrogen and oxygen atoms in total. The largest absolute Gasteiger partial charge is 0.304 e. The van der Waals surface area contributed by atoms with Gasteiger partial charge in [-0.25, -0.2) is 4.58 Å². The lowest BCUT2D eigenvalue weighted by Crippen LogP contribution is -2.31. The van der Waals surface area contributed by atoms with Gasteiger partial charge in [0.2, 0.25) is 0 Å². The van der Waals surface area contributed by atoms with Gasteiger partial charge in [-0.15, -0.1) is 0 Å². The Labute approximate surface area is 150 Å². The monoisotopic (exact) mass is 334 g/mol. The maximum Gasteiger partial charge on any atom is 0.176 e. The molecule has 0 spiro atoms. The van der Waals surface area contributed by atoms with Gasteiger partial charge in [-0.1, -0.05) is 38.5 Å². The van der Waals surface area contributed by atoms with Crippen LogP contribution in [0.25, 0.3) is 0 Å². The number of hydrogen-bond donors (Lipinski definition) is 2. The minimum Gasteiger partial charge on any atom is -0.304 e. The van der Waals surface area contributed by atoms with Crippen molar-refractivity contribution in [2.24, 2.45) is 0 Å². The molecule has 1 aliphatic heterocycles. The highest BCUT2D eigenvalue weighted by atomic mass is 15.1. The lowest BCUT2D eigenvalue weighted by atomic mass is 10.0. The molecule has 0 radical (unpaired) electrons. The lowest BCUT2D eigenvalue weighted by Gasteiger charge is -2.11. The second kappa shape index (κ2) is 13.6. The highest BCUT2D eigenvalue weighted by Gasteiger charge is 2.13. The molecule has 1 aliphatic carbocycles. The molecule has 2 aliphatic rings. The maximum absolute atomic E-state index is 3.49. The Balaban J connectivity index is 1.96. The maximum atomic E-state index is 3.49. The van der Waals surface area contributed by atoms with Crippen molar-refractivity contribution >= 4 is 6.21 Å². The highest BCUT2D eigenvalue weighted by molar-refractivity contribution is 5.52. The van der Waals surface area contributed by atoms with Crippen molar-refractivity contribution in [3.63, 3.8) is 0 Å². The van der Waals surface area contributed by atoms with E-state index in [1.165, 1.54) is 90.0 Å². The van der Waals surface area contributed by atoms with Gasteiger partial charge in [0.25, 0.3) is 0 Å². The molecule has 0 aromatic carbocycles. The summed E-state index contributed by atoms with van der Waals surface area (Å²) in [5.41, 5.74) is 1.62. The van der Waals surface area contributed by atoms with E-state index in [4.69, 9.17) is 0 Å². The molecule has 24 heavy (non-hydrogen) atoms. The first-order valence-electron chi connectivity index (χ1n) is 10.7. The number of nitrogens with zero attached hydrogens (tertiary/aromatic N) is 1. The summed E-state index contributed by atoms with van der Waals surface area (Å²) < 4.78 is 2.61. The van der Waals surface area contributed by atoms with E-state index in [0.717, 1.165) is 26.2 Å². The summed E-state index contributed by atoms with van der Waals surface area (Å²) in [5.74, 6) is 0. The van der Waals surface area contributed by atoms with E-state index >= 15 is 0 Å². The van der Waals surface area contributed by atoms with E-state index in [9.17, 15) is 0 Å². The van der Waals surface area contributed by atoms with E-state index in [1.807, 2.05) is 0 Å². The van der Waals surface area contributed by atoms with Crippen LogP contribution in [-0.4, -0.2) is 37.1 Å². The van der Waals surface area contributed by atoms with E-state index in [2.05, 4.69) is 27.5 Å². The molecule has 3 heteroatoms. The second-order valence-electron chi connectivity index (χ2n) is 7.46. The van der Waals surface area contributed by atoms with Gasteiger partial charge in [0.05, 0.1) is 0 Å². The topological polar surface area (TPSA) is 27.1 Å². The predicted octanol–water partition coefficient (Wildman–Crippen LogP) is 4.58. The molecule has 0 aromatic rings. The number of rotatable bonds is 1. The van der Waals surface area contributed by atoms with Gasteiger partial charge in [0, 0.05) is 32.5 Å². The highest BCUT2D eigenvalue weighted by Crippen LogP contribution is 2.18. The van der Waals surface area contributed by atoms with E-state index in [0.29, 0.717) is 0 Å². The molecule has 0 aromatic heterocycles. The van der Waals surface area contributed by atoms with Crippen LogP contribution in [0.15, 0.2) is 11.8 Å². The van der Waals surface area contributed by atoms with E-state index < -0.39 is 0 Å². The van der Waals surface area contributed by atoms with Crippen molar-refractivity contribution < 1.29 is 4.58 Å². The SMILES string of the molecule is C1=C([N+]2=CCCNCNCCCCC2)CCCCCCCCCC1. The molecule has 0 fully saturated rings. The normalized spacial score (nSPS) is 24.3. The van der Waals surface area contributed by atoms with E-state index in [1.54, 1.807) is 5.70 Å². The van der Waals surface area contributed by atoms with Crippen molar-refractivity contribution in [2.45, 2.75) is 89.9 Å². The Morgan fingerprint density at radius 3 is 2.25 bits per heavy atom. The summed E-state index contributed by atoms with van der Waals surface area (Å²) in [6, 6.07) is 0. The van der Waals surface area contributed by atoms with Crippen molar-refractivity contribution in [1.82, 2.24) is 10.6 Å². The third kappa shape index (κ3) is 8.98. The summed E-state index contributed by atoms with van der Waals surface area (Å²) in [6.45, 7) is 4.40. The minimum absolute atomic E-state index is 0.955. The van der Waals surface area contributed by atoms with Gasteiger partial charge >= 0.3 is 0 Å². The fraction of sp³-hybridized carbons (Fsp3) is 0.857. The Bertz CT molecular complexity index is 337. The van der Waals surface area contributed by atoms with Crippen LogP contribution in [0.1, 0.15) is 89.9 Å². The smallest absolute Gasteiger partial charge is 0.176 e. The number of nitrogens with one attached hydrogen (secondary N) is 2. The van der Waals surface area contributed by atoms with Crippen LogP contribution < -0.4 is 10.6 Å². The molecule has 138 valence electrons. The van der Waals surface area contributed by atoms with Crippen LogP contribution in [0.4, 0.5) is 0 Å².